The monoisotopic (exact) mass is 230 g/mol. The molecule has 0 saturated carbocycles. The van der Waals surface area contributed by atoms with Gasteiger partial charge in [-0.05, 0) is 55.8 Å². The van der Waals surface area contributed by atoms with Crippen LogP contribution >= 0.6 is 0 Å². The second kappa shape index (κ2) is 5.97. The van der Waals surface area contributed by atoms with Crippen molar-refractivity contribution in [2.45, 2.75) is 33.2 Å². The van der Waals surface area contributed by atoms with E-state index >= 15 is 0 Å². The third-order valence-electron chi connectivity index (χ3n) is 3.40. The van der Waals surface area contributed by atoms with Gasteiger partial charge in [0.2, 0.25) is 0 Å². The Morgan fingerprint density at radius 1 is 1.35 bits per heavy atom. The van der Waals surface area contributed by atoms with Crippen LogP contribution in [0.1, 0.15) is 32.3 Å². The van der Waals surface area contributed by atoms with E-state index in [1.165, 1.54) is 18.4 Å². The van der Waals surface area contributed by atoms with E-state index in [0.717, 1.165) is 24.9 Å². The van der Waals surface area contributed by atoms with E-state index in [2.05, 4.69) is 42.4 Å². The van der Waals surface area contributed by atoms with Gasteiger partial charge in [0.05, 0.1) is 0 Å². The summed E-state index contributed by atoms with van der Waals surface area (Å²) in [6.07, 6.45) is 8.70. The van der Waals surface area contributed by atoms with Crippen LogP contribution in [0.3, 0.4) is 0 Å². The fraction of sp³-hybridized carbons (Fsp3) is 0.533. The zero-order chi connectivity index (χ0) is 12.1. The van der Waals surface area contributed by atoms with E-state index in [1.807, 2.05) is 12.4 Å². The van der Waals surface area contributed by atoms with Crippen LogP contribution in [0.2, 0.25) is 0 Å². The van der Waals surface area contributed by atoms with Crippen molar-refractivity contribution < 1.29 is 0 Å². The fourth-order valence-electron chi connectivity index (χ4n) is 2.76. The summed E-state index contributed by atoms with van der Waals surface area (Å²) >= 11 is 0. The van der Waals surface area contributed by atoms with Crippen molar-refractivity contribution >= 4 is 0 Å². The van der Waals surface area contributed by atoms with Crippen LogP contribution in [0.25, 0.3) is 0 Å². The highest BCUT2D eigenvalue weighted by Crippen LogP contribution is 2.27. The molecule has 1 aromatic rings. The van der Waals surface area contributed by atoms with E-state index in [-0.39, 0.29) is 0 Å². The van der Waals surface area contributed by atoms with Gasteiger partial charge < -0.3 is 5.32 Å². The molecular formula is C15H22N2. The fourth-order valence-corrected chi connectivity index (χ4v) is 2.76. The molecule has 1 aliphatic rings. The number of rotatable bonds is 4. The summed E-state index contributed by atoms with van der Waals surface area (Å²) in [5, 5.41) is 3.56. The van der Waals surface area contributed by atoms with Crippen LogP contribution in [0.4, 0.5) is 0 Å². The SMILES string of the molecule is CC1=CC(C)CC(CNCc2ccncc2)C1. The van der Waals surface area contributed by atoms with E-state index in [4.69, 9.17) is 0 Å². The Morgan fingerprint density at radius 3 is 2.82 bits per heavy atom. The Kier molecular flexibility index (Phi) is 4.32. The van der Waals surface area contributed by atoms with Gasteiger partial charge in [0.15, 0.2) is 0 Å². The number of nitrogens with one attached hydrogen (secondary N) is 1. The highest BCUT2D eigenvalue weighted by Gasteiger charge is 2.17. The first-order valence-corrected chi connectivity index (χ1v) is 6.51. The van der Waals surface area contributed by atoms with Gasteiger partial charge in [-0.1, -0.05) is 18.6 Å². The van der Waals surface area contributed by atoms with Gasteiger partial charge in [0.1, 0.15) is 0 Å². The molecule has 1 N–H and O–H groups in total. The first-order chi connectivity index (χ1) is 8.24. The Balaban J connectivity index is 1.74. The van der Waals surface area contributed by atoms with Gasteiger partial charge in [-0.15, -0.1) is 0 Å². The minimum Gasteiger partial charge on any atom is -0.312 e. The lowest BCUT2D eigenvalue weighted by molar-refractivity contribution is 0.381. The Hall–Kier alpha value is -1.15. The van der Waals surface area contributed by atoms with Gasteiger partial charge >= 0.3 is 0 Å². The summed E-state index contributed by atoms with van der Waals surface area (Å²) in [5.41, 5.74) is 2.87. The van der Waals surface area contributed by atoms with E-state index in [1.54, 1.807) is 5.57 Å². The number of hydrogen-bond donors (Lipinski definition) is 1. The minimum atomic E-state index is 0.747. The highest BCUT2D eigenvalue weighted by molar-refractivity contribution is 5.09. The van der Waals surface area contributed by atoms with E-state index in [9.17, 15) is 0 Å². The van der Waals surface area contributed by atoms with Crippen molar-refractivity contribution in [3.8, 4) is 0 Å². The van der Waals surface area contributed by atoms with Crippen LogP contribution in [-0.2, 0) is 6.54 Å². The lowest BCUT2D eigenvalue weighted by Crippen LogP contribution is -2.25. The number of pyridine rings is 1. The molecule has 0 spiro atoms. The minimum absolute atomic E-state index is 0.747. The molecule has 0 amide bonds. The van der Waals surface area contributed by atoms with E-state index < -0.39 is 0 Å². The lowest BCUT2D eigenvalue weighted by atomic mass is 9.84. The van der Waals surface area contributed by atoms with Crippen molar-refractivity contribution in [1.82, 2.24) is 10.3 Å². The van der Waals surface area contributed by atoms with Crippen LogP contribution in [-0.4, -0.2) is 11.5 Å². The maximum atomic E-state index is 4.03. The molecular weight excluding hydrogens is 208 g/mol. The molecule has 1 aliphatic carbocycles. The second-order valence-corrected chi connectivity index (χ2v) is 5.28. The second-order valence-electron chi connectivity index (χ2n) is 5.28. The van der Waals surface area contributed by atoms with Gasteiger partial charge in [0, 0.05) is 18.9 Å². The molecule has 92 valence electrons. The molecule has 2 nitrogen and oxygen atoms in total. The van der Waals surface area contributed by atoms with Gasteiger partial charge in [-0.3, -0.25) is 4.98 Å². The molecule has 2 atom stereocenters. The zero-order valence-corrected chi connectivity index (χ0v) is 10.8. The predicted octanol–water partition coefficient (Wildman–Crippen LogP) is 3.16. The largest absolute Gasteiger partial charge is 0.312 e. The van der Waals surface area contributed by atoms with Gasteiger partial charge in [-0.2, -0.15) is 0 Å². The summed E-state index contributed by atoms with van der Waals surface area (Å²) in [6.45, 7) is 6.65. The standard InChI is InChI=1S/C15H22N2/c1-12-7-13(2)9-15(8-12)11-17-10-14-3-5-16-6-4-14/h3-7,12,15,17H,8-11H2,1-2H3. The third kappa shape index (κ3) is 3.97. The van der Waals surface area contributed by atoms with Crippen LogP contribution < -0.4 is 5.32 Å². The molecule has 2 heteroatoms. The van der Waals surface area contributed by atoms with Crippen molar-refractivity contribution in [1.29, 1.82) is 0 Å². The van der Waals surface area contributed by atoms with Crippen LogP contribution in [0.15, 0.2) is 36.2 Å². The summed E-state index contributed by atoms with van der Waals surface area (Å²) in [4.78, 5) is 4.03. The van der Waals surface area contributed by atoms with E-state index in [0.29, 0.717) is 0 Å². The number of nitrogens with zero attached hydrogens (tertiary/aromatic N) is 1. The molecule has 1 heterocycles. The maximum Gasteiger partial charge on any atom is 0.0271 e. The molecule has 0 aliphatic heterocycles. The molecule has 1 aromatic heterocycles. The Morgan fingerprint density at radius 2 is 2.12 bits per heavy atom. The molecule has 2 rings (SSSR count). The molecule has 17 heavy (non-hydrogen) atoms. The number of allylic oxidation sites excluding steroid dienone is 2. The lowest BCUT2D eigenvalue weighted by Gasteiger charge is -2.25. The molecule has 0 fully saturated rings. The Labute approximate surface area is 104 Å². The molecule has 0 bridgehead atoms. The molecule has 0 radical (unpaired) electrons. The van der Waals surface area contributed by atoms with Crippen LogP contribution in [0.5, 0.6) is 0 Å². The summed E-state index contributed by atoms with van der Waals surface area (Å²) < 4.78 is 0. The molecule has 0 saturated heterocycles. The predicted molar refractivity (Wildman–Crippen MR) is 71.6 cm³/mol. The summed E-state index contributed by atoms with van der Waals surface area (Å²) in [7, 11) is 0. The highest BCUT2D eigenvalue weighted by atomic mass is 14.9. The van der Waals surface area contributed by atoms with Gasteiger partial charge in [-0.25, -0.2) is 0 Å². The van der Waals surface area contributed by atoms with Crippen molar-refractivity contribution in [3.63, 3.8) is 0 Å². The average Bonchev–Trinajstić information content (AvgIpc) is 2.29. The number of hydrogen-bond acceptors (Lipinski definition) is 2. The van der Waals surface area contributed by atoms with Gasteiger partial charge in [0.25, 0.3) is 0 Å². The number of aromatic nitrogens is 1. The third-order valence-corrected chi connectivity index (χ3v) is 3.40. The first-order valence-electron chi connectivity index (χ1n) is 6.51. The molecule has 2 unspecified atom stereocenters. The zero-order valence-electron chi connectivity index (χ0n) is 10.8. The van der Waals surface area contributed by atoms with Crippen molar-refractivity contribution in [2.75, 3.05) is 6.54 Å². The topological polar surface area (TPSA) is 24.9 Å². The van der Waals surface area contributed by atoms with Crippen LogP contribution in [0, 0.1) is 11.8 Å². The smallest absolute Gasteiger partial charge is 0.0271 e. The summed E-state index contributed by atoms with van der Waals surface area (Å²) in [5.74, 6) is 1.55. The summed E-state index contributed by atoms with van der Waals surface area (Å²) in [6, 6.07) is 4.14. The first kappa shape index (κ1) is 12.3. The van der Waals surface area contributed by atoms with Crippen molar-refractivity contribution in [2.24, 2.45) is 11.8 Å². The maximum absolute atomic E-state index is 4.03. The average molecular weight is 230 g/mol. The molecule has 0 aromatic carbocycles. The Bertz CT molecular complexity index is 370. The van der Waals surface area contributed by atoms with Crippen molar-refractivity contribution in [3.05, 3.63) is 41.7 Å². The normalized spacial score (nSPS) is 24.5. The quantitative estimate of drug-likeness (QED) is 0.804.